The molecule has 1 atom stereocenters. The van der Waals surface area contributed by atoms with Crippen molar-refractivity contribution in [3.63, 3.8) is 0 Å². The zero-order valence-corrected chi connectivity index (χ0v) is 9.99. The first kappa shape index (κ1) is 14.7. The highest BCUT2D eigenvalue weighted by Crippen LogP contribution is 2.23. The van der Waals surface area contributed by atoms with Crippen molar-refractivity contribution in [3.8, 4) is 0 Å². The molecular weight excluding hydrogens is 294 g/mol. The summed E-state index contributed by atoms with van der Waals surface area (Å²) in [6.45, 7) is 0. The number of alkyl halides is 2. The highest BCUT2D eigenvalue weighted by Gasteiger charge is 2.13. The van der Waals surface area contributed by atoms with E-state index in [1.807, 2.05) is 0 Å². The standard InChI is InChI=1S/C9H9BrF3N.ClH/c10-6-3-5(1-2-7(6)11)8(14)4-9(12)13;/h1-3,8-9H,4,14H2;1H/t8-;/m0./s1. The Balaban J connectivity index is 0.00000196. The zero-order chi connectivity index (χ0) is 10.7. The van der Waals surface area contributed by atoms with Crippen LogP contribution < -0.4 is 5.73 Å². The normalized spacial score (nSPS) is 12.4. The molecule has 0 spiro atoms. The number of nitrogens with two attached hydrogens (primary N) is 1. The maximum absolute atomic E-state index is 12.8. The molecule has 1 rings (SSSR count). The lowest BCUT2D eigenvalue weighted by molar-refractivity contribution is 0.128. The molecule has 0 unspecified atom stereocenters. The third-order valence-corrected chi connectivity index (χ3v) is 2.41. The van der Waals surface area contributed by atoms with Crippen LogP contribution in [0.25, 0.3) is 0 Å². The van der Waals surface area contributed by atoms with Crippen molar-refractivity contribution in [3.05, 3.63) is 34.1 Å². The summed E-state index contributed by atoms with van der Waals surface area (Å²) in [4.78, 5) is 0. The van der Waals surface area contributed by atoms with Crippen molar-refractivity contribution in [2.45, 2.75) is 18.9 Å². The van der Waals surface area contributed by atoms with E-state index in [0.717, 1.165) is 0 Å². The van der Waals surface area contributed by atoms with E-state index in [2.05, 4.69) is 15.9 Å². The van der Waals surface area contributed by atoms with Gasteiger partial charge in [-0.1, -0.05) is 6.07 Å². The summed E-state index contributed by atoms with van der Waals surface area (Å²) >= 11 is 2.96. The number of rotatable bonds is 3. The van der Waals surface area contributed by atoms with E-state index in [1.165, 1.54) is 18.2 Å². The summed E-state index contributed by atoms with van der Waals surface area (Å²) in [5.41, 5.74) is 5.99. The average Bonchev–Trinajstić information content (AvgIpc) is 2.08. The van der Waals surface area contributed by atoms with Gasteiger partial charge in [0, 0.05) is 12.5 Å². The second-order valence-corrected chi connectivity index (χ2v) is 3.76. The van der Waals surface area contributed by atoms with Gasteiger partial charge in [-0.3, -0.25) is 0 Å². The fraction of sp³-hybridized carbons (Fsp3) is 0.333. The van der Waals surface area contributed by atoms with E-state index >= 15 is 0 Å². The third-order valence-electron chi connectivity index (χ3n) is 1.80. The fourth-order valence-electron chi connectivity index (χ4n) is 1.07. The van der Waals surface area contributed by atoms with E-state index in [-0.39, 0.29) is 16.9 Å². The van der Waals surface area contributed by atoms with Crippen LogP contribution in [0.1, 0.15) is 18.0 Å². The SMILES string of the molecule is Cl.N[C@@H](CC(F)F)c1ccc(F)c(Br)c1. The Hall–Kier alpha value is -0.260. The summed E-state index contributed by atoms with van der Waals surface area (Å²) in [7, 11) is 0. The van der Waals surface area contributed by atoms with Crippen LogP contribution in [-0.4, -0.2) is 6.43 Å². The summed E-state index contributed by atoms with van der Waals surface area (Å²) in [6.07, 6.45) is -2.87. The Morgan fingerprint density at radius 3 is 2.40 bits per heavy atom. The van der Waals surface area contributed by atoms with Crippen molar-refractivity contribution in [1.82, 2.24) is 0 Å². The molecule has 1 aromatic rings. The molecule has 0 aromatic heterocycles. The molecule has 15 heavy (non-hydrogen) atoms. The maximum atomic E-state index is 12.8. The summed E-state index contributed by atoms with van der Waals surface area (Å²) in [5.74, 6) is -0.432. The number of hydrogen-bond acceptors (Lipinski definition) is 1. The van der Waals surface area contributed by atoms with Gasteiger partial charge in [-0.05, 0) is 33.6 Å². The van der Waals surface area contributed by atoms with Crippen LogP contribution in [0, 0.1) is 5.82 Å². The Bertz CT molecular complexity index is 322. The molecule has 0 aliphatic heterocycles. The molecule has 0 heterocycles. The summed E-state index contributed by atoms with van der Waals surface area (Å²) in [5, 5.41) is 0. The third kappa shape index (κ3) is 4.40. The Morgan fingerprint density at radius 1 is 1.33 bits per heavy atom. The number of hydrogen-bond donors (Lipinski definition) is 1. The van der Waals surface area contributed by atoms with Crippen molar-refractivity contribution < 1.29 is 13.2 Å². The minimum Gasteiger partial charge on any atom is -0.324 e. The van der Waals surface area contributed by atoms with Gasteiger partial charge in [-0.25, -0.2) is 13.2 Å². The molecule has 0 fully saturated rings. The lowest BCUT2D eigenvalue weighted by Gasteiger charge is -2.11. The lowest BCUT2D eigenvalue weighted by Crippen LogP contribution is -2.14. The van der Waals surface area contributed by atoms with E-state index in [9.17, 15) is 13.2 Å². The lowest BCUT2D eigenvalue weighted by atomic mass is 10.1. The highest BCUT2D eigenvalue weighted by molar-refractivity contribution is 9.10. The van der Waals surface area contributed by atoms with Gasteiger partial charge < -0.3 is 5.73 Å². The molecule has 0 saturated carbocycles. The molecule has 2 N–H and O–H groups in total. The molecular formula is C9H10BrClF3N. The van der Waals surface area contributed by atoms with Crippen molar-refractivity contribution in [2.24, 2.45) is 5.73 Å². The fourth-order valence-corrected chi connectivity index (χ4v) is 1.47. The Labute approximate surface area is 100 Å². The van der Waals surface area contributed by atoms with Crippen LogP contribution in [0.3, 0.4) is 0 Å². The molecule has 0 saturated heterocycles. The van der Waals surface area contributed by atoms with Gasteiger partial charge >= 0.3 is 0 Å². The largest absolute Gasteiger partial charge is 0.324 e. The zero-order valence-electron chi connectivity index (χ0n) is 7.59. The molecule has 0 aliphatic rings. The quantitative estimate of drug-likeness (QED) is 0.906. The van der Waals surface area contributed by atoms with Gasteiger partial charge in [-0.2, -0.15) is 0 Å². The molecule has 0 aliphatic carbocycles. The molecule has 0 radical (unpaired) electrons. The Kier molecular flexibility index (Phi) is 6.24. The second kappa shape index (κ2) is 6.35. The van der Waals surface area contributed by atoms with Gasteiger partial charge in [0.25, 0.3) is 0 Å². The number of benzene rings is 1. The molecule has 86 valence electrons. The minimum absolute atomic E-state index is 0. The number of halogens is 5. The van der Waals surface area contributed by atoms with Crippen LogP contribution in [0.4, 0.5) is 13.2 Å². The van der Waals surface area contributed by atoms with Crippen LogP contribution in [-0.2, 0) is 0 Å². The van der Waals surface area contributed by atoms with Crippen molar-refractivity contribution in [1.29, 1.82) is 0 Å². The van der Waals surface area contributed by atoms with Crippen LogP contribution in [0.2, 0.25) is 0 Å². The second-order valence-electron chi connectivity index (χ2n) is 2.91. The van der Waals surface area contributed by atoms with Crippen LogP contribution in [0.5, 0.6) is 0 Å². The molecule has 0 amide bonds. The van der Waals surface area contributed by atoms with Crippen LogP contribution >= 0.6 is 28.3 Å². The van der Waals surface area contributed by atoms with Crippen molar-refractivity contribution in [2.75, 3.05) is 0 Å². The minimum atomic E-state index is -2.45. The summed E-state index contributed by atoms with van der Waals surface area (Å²) < 4.78 is 37.0. The van der Waals surface area contributed by atoms with Gasteiger partial charge in [-0.15, -0.1) is 12.4 Å². The predicted molar refractivity (Wildman–Crippen MR) is 58.9 cm³/mol. The molecule has 0 bridgehead atoms. The maximum Gasteiger partial charge on any atom is 0.240 e. The van der Waals surface area contributed by atoms with E-state index in [4.69, 9.17) is 5.73 Å². The predicted octanol–water partition coefficient (Wildman–Crippen LogP) is 3.67. The smallest absolute Gasteiger partial charge is 0.240 e. The van der Waals surface area contributed by atoms with E-state index < -0.39 is 24.7 Å². The molecule has 1 nitrogen and oxygen atoms in total. The van der Waals surface area contributed by atoms with E-state index in [0.29, 0.717) is 5.56 Å². The first-order valence-corrected chi connectivity index (χ1v) is 4.78. The molecule has 1 aromatic carbocycles. The first-order valence-electron chi connectivity index (χ1n) is 3.99. The topological polar surface area (TPSA) is 26.0 Å². The Morgan fingerprint density at radius 2 is 1.93 bits per heavy atom. The monoisotopic (exact) mass is 303 g/mol. The van der Waals surface area contributed by atoms with Gasteiger partial charge in [0.05, 0.1) is 4.47 Å². The first-order chi connectivity index (χ1) is 6.50. The summed E-state index contributed by atoms with van der Waals surface area (Å²) in [6, 6.07) is 3.27. The molecule has 6 heteroatoms. The van der Waals surface area contributed by atoms with Gasteiger partial charge in [0.15, 0.2) is 0 Å². The van der Waals surface area contributed by atoms with E-state index in [1.54, 1.807) is 0 Å². The average molecular weight is 305 g/mol. The van der Waals surface area contributed by atoms with Crippen molar-refractivity contribution >= 4 is 28.3 Å². The van der Waals surface area contributed by atoms with Gasteiger partial charge in [0.1, 0.15) is 5.82 Å². The van der Waals surface area contributed by atoms with Gasteiger partial charge in [0.2, 0.25) is 6.43 Å². The highest BCUT2D eigenvalue weighted by atomic mass is 79.9. The van der Waals surface area contributed by atoms with Crippen LogP contribution in [0.15, 0.2) is 22.7 Å².